The summed E-state index contributed by atoms with van der Waals surface area (Å²) < 4.78 is 11.9. The van der Waals surface area contributed by atoms with Crippen molar-refractivity contribution < 1.29 is 14.3 Å². The summed E-state index contributed by atoms with van der Waals surface area (Å²) >= 11 is 0. The van der Waals surface area contributed by atoms with Crippen molar-refractivity contribution in [2.75, 3.05) is 6.61 Å². The number of hydrogen-bond acceptors (Lipinski definition) is 5. The number of carbonyl (C=O) groups excluding carboxylic acids is 1. The van der Waals surface area contributed by atoms with E-state index in [4.69, 9.17) is 19.4 Å². The molecule has 38 heavy (non-hydrogen) atoms. The molecule has 0 fully saturated rings. The maximum atomic E-state index is 12.9. The van der Waals surface area contributed by atoms with E-state index >= 15 is 0 Å². The minimum absolute atomic E-state index is 0.179. The molecule has 5 heteroatoms. The van der Waals surface area contributed by atoms with Gasteiger partial charge in [-0.1, -0.05) is 87.6 Å². The first kappa shape index (κ1) is 24.4. The highest BCUT2D eigenvalue weighted by atomic mass is 16.5. The number of hydrogen-bond donors (Lipinski definition) is 0. The summed E-state index contributed by atoms with van der Waals surface area (Å²) in [5, 5.41) is 1.82. The van der Waals surface area contributed by atoms with Gasteiger partial charge in [0, 0.05) is 22.3 Å². The molecule has 1 aromatic heterocycles. The van der Waals surface area contributed by atoms with Crippen LogP contribution in [-0.2, 0) is 4.79 Å². The minimum Gasteiger partial charge on any atom is -0.494 e. The SMILES string of the molecule is CCCCCCCCOc1ccc(C2CC(=O)Oc3c2c2nc4ccccc4nc2c2ccccc32)cc1. The zero-order valence-corrected chi connectivity index (χ0v) is 21.8. The van der Waals surface area contributed by atoms with Crippen molar-refractivity contribution in [3.63, 3.8) is 0 Å². The Bertz CT molecular complexity index is 1610. The largest absolute Gasteiger partial charge is 0.494 e. The zero-order chi connectivity index (χ0) is 25.9. The Labute approximate surface area is 222 Å². The van der Waals surface area contributed by atoms with Crippen molar-refractivity contribution in [2.24, 2.45) is 0 Å². The number of ether oxygens (including phenoxy) is 2. The first-order valence-electron chi connectivity index (χ1n) is 13.8. The predicted molar refractivity (Wildman–Crippen MR) is 152 cm³/mol. The second-order valence-electron chi connectivity index (χ2n) is 10.1. The number of para-hydroxylation sites is 2. The van der Waals surface area contributed by atoms with Gasteiger partial charge in [-0.3, -0.25) is 4.79 Å². The third-order valence-corrected chi connectivity index (χ3v) is 7.48. The van der Waals surface area contributed by atoms with Gasteiger partial charge in [-0.15, -0.1) is 0 Å². The van der Waals surface area contributed by atoms with Gasteiger partial charge in [0.05, 0.1) is 35.1 Å². The smallest absolute Gasteiger partial charge is 0.312 e. The van der Waals surface area contributed by atoms with Crippen molar-refractivity contribution in [2.45, 2.75) is 57.8 Å². The van der Waals surface area contributed by atoms with Crippen molar-refractivity contribution in [1.29, 1.82) is 0 Å². The van der Waals surface area contributed by atoms with Gasteiger partial charge in [-0.2, -0.15) is 0 Å². The monoisotopic (exact) mass is 504 g/mol. The molecule has 1 atom stereocenters. The van der Waals surface area contributed by atoms with E-state index in [9.17, 15) is 4.79 Å². The Balaban J connectivity index is 1.36. The number of benzene rings is 4. The number of unbranched alkanes of at least 4 members (excludes halogenated alkanes) is 5. The van der Waals surface area contributed by atoms with E-state index in [-0.39, 0.29) is 18.3 Å². The van der Waals surface area contributed by atoms with Crippen molar-refractivity contribution in [3.05, 3.63) is 83.9 Å². The van der Waals surface area contributed by atoms with Crippen molar-refractivity contribution in [1.82, 2.24) is 9.97 Å². The Morgan fingerprint density at radius 2 is 1.45 bits per heavy atom. The van der Waals surface area contributed by atoms with E-state index in [1.807, 2.05) is 60.7 Å². The second-order valence-corrected chi connectivity index (χ2v) is 10.1. The Morgan fingerprint density at radius 1 is 0.789 bits per heavy atom. The summed E-state index contributed by atoms with van der Waals surface area (Å²) in [6.07, 6.45) is 7.69. The van der Waals surface area contributed by atoms with Gasteiger partial charge in [0.25, 0.3) is 0 Å². The fourth-order valence-electron chi connectivity index (χ4n) is 5.53. The van der Waals surface area contributed by atoms with E-state index in [2.05, 4.69) is 19.1 Å². The van der Waals surface area contributed by atoms with Crippen molar-refractivity contribution in [3.8, 4) is 11.5 Å². The van der Waals surface area contributed by atoms with Crippen LogP contribution in [0.15, 0.2) is 72.8 Å². The molecule has 4 aromatic carbocycles. The highest BCUT2D eigenvalue weighted by molar-refractivity contribution is 6.12. The molecule has 0 spiro atoms. The average molecular weight is 505 g/mol. The molecule has 0 bridgehead atoms. The third kappa shape index (κ3) is 4.69. The minimum atomic E-state index is -0.232. The Morgan fingerprint density at radius 3 is 2.21 bits per heavy atom. The standard InChI is InChI=1S/C33H32N2O3/c1-2-3-4-5-6-11-20-37-23-18-16-22(17-19-23)26-21-29(36)38-33-25-13-8-7-12-24(25)31-32(30(26)33)35-28-15-10-9-14-27(28)34-31/h7-10,12-19,26H,2-6,11,20-21H2,1H3. The van der Waals surface area contributed by atoms with Crippen LogP contribution < -0.4 is 9.47 Å². The fraction of sp³-hybridized carbons (Fsp3) is 0.303. The lowest BCUT2D eigenvalue weighted by atomic mass is 9.83. The number of fused-ring (bicyclic) bond motifs is 7. The number of esters is 1. The molecule has 1 aliphatic heterocycles. The topological polar surface area (TPSA) is 61.3 Å². The van der Waals surface area contributed by atoms with Gasteiger partial charge in [0.15, 0.2) is 0 Å². The van der Waals surface area contributed by atoms with Gasteiger partial charge in [-0.25, -0.2) is 9.97 Å². The molecule has 6 rings (SSSR count). The summed E-state index contributed by atoms with van der Waals surface area (Å²) in [6, 6.07) is 24.0. The summed E-state index contributed by atoms with van der Waals surface area (Å²) in [5.74, 6) is 1.04. The quantitative estimate of drug-likeness (QED) is 0.0667. The van der Waals surface area contributed by atoms with Gasteiger partial charge >= 0.3 is 5.97 Å². The van der Waals surface area contributed by atoms with Gasteiger partial charge in [-0.05, 0) is 36.2 Å². The summed E-state index contributed by atoms with van der Waals surface area (Å²) in [7, 11) is 0. The van der Waals surface area contributed by atoms with Crippen LogP contribution in [0.3, 0.4) is 0 Å². The molecular weight excluding hydrogens is 472 g/mol. The van der Waals surface area contributed by atoms with E-state index in [0.717, 1.165) is 62.7 Å². The average Bonchev–Trinajstić information content (AvgIpc) is 2.96. The molecule has 5 nitrogen and oxygen atoms in total. The van der Waals surface area contributed by atoms with Crippen LogP contribution in [-0.4, -0.2) is 22.5 Å². The molecule has 0 amide bonds. The molecule has 0 aliphatic carbocycles. The second kappa shape index (κ2) is 10.8. The van der Waals surface area contributed by atoms with Crippen LogP contribution in [0.25, 0.3) is 32.8 Å². The van der Waals surface area contributed by atoms with Crippen LogP contribution in [0, 0.1) is 0 Å². The number of aromatic nitrogens is 2. The van der Waals surface area contributed by atoms with Crippen LogP contribution in [0.2, 0.25) is 0 Å². The van der Waals surface area contributed by atoms with Crippen LogP contribution in [0.4, 0.5) is 0 Å². The predicted octanol–water partition coefficient (Wildman–Crippen LogP) is 8.12. The summed E-state index contributed by atoms with van der Waals surface area (Å²) in [5.41, 5.74) is 5.27. The molecule has 1 unspecified atom stereocenters. The first-order chi connectivity index (χ1) is 18.7. The molecule has 2 heterocycles. The zero-order valence-electron chi connectivity index (χ0n) is 21.8. The van der Waals surface area contributed by atoms with E-state index in [1.165, 1.54) is 32.1 Å². The Kier molecular flexibility index (Phi) is 6.91. The van der Waals surface area contributed by atoms with Gasteiger partial charge in [0.1, 0.15) is 11.5 Å². The summed E-state index contributed by atoms with van der Waals surface area (Å²) in [4.78, 5) is 22.9. The maximum Gasteiger partial charge on any atom is 0.312 e. The fourth-order valence-corrected chi connectivity index (χ4v) is 5.53. The van der Waals surface area contributed by atoms with Gasteiger partial charge < -0.3 is 9.47 Å². The van der Waals surface area contributed by atoms with Crippen LogP contribution in [0.1, 0.15) is 68.9 Å². The number of carbonyl (C=O) groups is 1. The molecule has 1 aliphatic rings. The molecule has 0 saturated heterocycles. The van der Waals surface area contributed by atoms with E-state index in [1.54, 1.807) is 0 Å². The molecule has 192 valence electrons. The molecule has 0 radical (unpaired) electrons. The molecular formula is C33H32N2O3. The summed E-state index contributed by atoms with van der Waals surface area (Å²) in [6.45, 7) is 2.96. The van der Waals surface area contributed by atoms with Crippen LogP contribution >= 0.6 is 0 Å². The molecule has 5 aromatic rings. The van der Waals surface area contributed by atoms with Crippen LogP contribution in [0.5, 0.6) is 11.5 Å². The lowest BCUT2D eigenvalue weighted by molar-refractivity contribution is -0.135. The molecule has 0 N–H and O–H groups in total. The number of nitrogens with zero attached hydrogens (tertiary/aromatic N) is 2. The van der Waals surface area contributed by atoms with Crippen molar-refractivity contribution >= 4 is 38.8 Å². The highest BCUT2D eigenvalue weighted by Crippen LogP contribution is 2.47. The lowest BCUT2D eigenvalue weighted by Gasteiger charge is -2.27. The van der Waals surface area contributed by atoms with E-state index in [0.29, 0.717) is 5.75 Å². The first-order valence-corrected chi connectivity index (χ1v) is 13.8. The van der Waals surface area contributed by atoms with Gasteiger partial charge in [0.2, 0.25) is 0 Å². The lowest BCUT2D eigenvalue weighted by Crippen LogP contribution is -2.22. The van der Waals surface area contributed by atoms with E-state index < -0.39 is 0 Å². The highest BCUT2D eigenvalue weighted by Gasteiger charge is 2.33. The maximum absolute atomic E-state index is 12.9. The number of rotatable bonds is 9. The third-order valence-electron chi connectivity index (χ3n) is 7.48. The Hall–Kier alpha value is -3.99. The molecule has 0 saturated carbocycles. The normalized spacial score (nSPS) is 15.1.